The van der Waals surface area contributed by atoms with Gasteiger partial charge in [0.15, 0.2) is 0 Å². The van der Waals surface area contributed by atoms with Crippen LogP contribution in [0.1, 0.15) is 48.9 Å². The van der Waals surface area contributed by atoms with Crippen molar-refractivity contribution in [1.29, 1.82) is 0 Å². The average Bonchev–Trinajstić information content (AvgIpc) is 3.38. The number of rotatable bonds is 3. The lowest BCUT2D eigenvalue weighted by Crippen LogP contribution is -2.48. The van der Waals surface area contributed by atoms with E-state index in [4.69, 9.17) is 4.74 Å². The fourth-order valence-corrected chi connectivity index (χ4v) is 4.63. The van der Waals surface area contributed by atoms with Crippen LogP contribution in [0.4, 0.5) is 0 Å². The van der Waals surface area contributed by atoms with Gasteiger partial charge in [-0.05, 0) is 44.6 Å². The first-order chi connectivity index (χ1) is 12.6. The minimum atomic E-state index is -0.679. The number of aromatic nitrogens is 1. The van der Waals surface area contributed by atoms with Crippen LogP contribution in [0.25, 0.3) is 0 Å². The van der Waals surface area contributed by atoms with E-state index in [-0.39, 0.29) is 29.4 Å². The van der Waals surface area contributed by atoms with Gasteiger partial charge in [-0.25, -0.2) is 0 Å². The standard InChI is InChI=1S/C19H27N3O4/c23-16-11-14(10-15(16)21-17(24)13-2-6-20-12-13)18(25)22-7-4-19(5-8-22)3-1-9-26-19/h2,6,12,14-16,20,23H,1,3-5,7-11H2,(H,21,24)/t14-,15+,16+/m0/s1. The van der Waals surface area contributed by atoms with Gasteiger partial charge in [0, 0.05) is 38.0 Å². The second-order valence-electron chi connectivity index (χ2n) is 7.88. The van der Waals surface area contributed by atoms with Crippen molar-refractivity contribution in [3.8, 4) is 0 Å². The third kappa shape index (κ3) is 3.38. The number of aliphatic hydroxyl groups excluding tert-OH is 1. The number of H-pyrrole nitrogens is 1. The molecule has 0 unspecified atom stereocenters. The molecule has 7 heteroatoms. The summed E-state index contributed by atoms with van der Waals surface area (Å²) >= 11 is 0. The largest absolute Gasteiger partial charge is 0.391 e. The zero-order chi connectivity index (χ0) is 18.1. The average molecular weight is 361 g/mol. The Morgan fingerprint density at radius 1 is 1.27 bits per heavy atom. The molecule has 3 atom stereocenters. The Bertz CT molecular complexity index is 644. The van der Waals surface area contributed by atoms with Crippen molar-refractivity contribution >= 4 is 11.8 Å². The molecular formula is C19H27N3O4. The summed E-state index contributed by atoms with van der Waals surface area (Å²) in [5, 5.41) is 13.2. The fourth-order valence-electron chi connectivity index (χ4n) is 4.63. The molecule has 0 bridgehead atoms. The number of ether oxygens (including phenoxy) is 1. The molecule has 3 heterocycles. The maximum Gasteiger partial charge on any atom is 0.253 e. The van der Waals surface area contributed by atoms with Crippen LogP contribution >= 0.6 is 0 Å². The number of likely N-dealkylation sites (tertiary alicyclic amines) is 1. The van der Waals surface area contributed by atoms with Crippen molar-refractivity contribution in [1.82, 2.24) is 15.2 Å². The Labute approximate surface area is 153 Å². The summed E-state index contributed by atoms with van der Waals surface area (Å²) in [5.74, 6) is -0.336. The third-order valence-electron chi connectivity index (χ3n) is 6.23. The Morgan fingerprint density at radius 3 is 2.73 bits per heavy atom. The molecule has 3 fully saturated rings. The number of carbonyl (C=O) groups excluding carboxylic acids is 2. The predicted molar refractivity (Wildman–Crippen MR) is 94.5 cm³/mol. The summed E-state index contributed by atoms with van der Waals surface area (Å²) < 4.78 is 5.92. The van der Waals surface area contributed by atoms with E-state index in [0.717, 1.165) is 45.4 Å². The molecule has 26 heavy (non-hydrogen) atoms. The maximum absolute atomic E-state index is 12.9. The van der Waals surface area contributed by atoms with Crippen LogP contribution in [-0.2, 0) is 9.53 Å². The van der Waals surface area contributed by atoms with Crippen LogP contribution in [0.5, 0.6) is 0 Å². The molecule has 2 aliphatic heterocycles. The van der Waals surface area contributed by atoms with Gasteiger partial charge in [-0.15, -0.1) is 0 Å². The number of amides is 2. The first kappa shape index (κ1) is 17.5. The molecule has 7 nitrogen and oxygen atoms in total. The molecular weight excluding hydrogens is 334 g/mol. The summed E-state index contributed by atoms with van der Waals surface area (Å²) in [4.78, 5) is 29.8. The predicted octanol–water partition coefficient (Wildman–Crippen LogP) is 1.06. The van der Waals surface area contributed by atoms with Gasteiger partial charge >= 0.3 is 0 Å². The number of aliphatic hydroxyl groups is 1. The fraction of sp³-hybridized carbons (Fsp3) is 0.684. The van der Waals surface area contributed by atoms with Gasteiger partial charge in [0.1, 0.15) is 0 Å². The molecule has 3 aliphatic rings. The topological polar surface area (TPSA) is 94.7 Å². The summed E-state index contributed by atoms with van der Waals surface area (Å²) in [6.45, 7) is 2.29. The van der Waals surface area contributed by atoms with Crippen molar-refractivity contribution in [2.75, 3.05) is 19.7 Å². The summed E-state index contributed by atoms with van der Waals surface area (Å²) in [7, 11) is 0. The van der Waals surface area contributed by atoms with Crippen molar-refractivity contribution in [2.45, 2.75) is 56.3 Å². The molecule has 0 aromatic carbocycles. The van der Waals surface area contributed by atoms with Crippen LogP contribution in [0.2, 0.25) is 0 Å². The first-order valence-electron chi connectivity index (χ1n) is 9.61. The van der Waals surface area contributed by atoms with E-state index >= 15 is 0 Å². The van der Waals surface area contributed by atoms with Crippen molar-refractivity contribution in [3.63, 3.8) is 0 Å². The van der Waals surface area contributed by atoms with Gasteiger partial charge in [0.05, 0.1) is 23.3 Å². The Kier molecular flexibility index (Phi) is 4.75. The van der Waals surface area contributed by atoms with Crippen LogP contribution in [0.3, 0.4) is 0 Å². The molecule has 2 amide bonds. The van der Waals surface area contributed by atoms with E-state index in [2.05, 4.69) is 10.3 Å². The van der Waals surface area contributed by atoms with E-state index in [1.165, 1.54) is 0 Å². The van der Waals surface area contributed by atoms with Crippen LogP contribution in [-0.4, -0.2) is 64.2 Å². The molecule has 1 spiro atoms. The van der Waals surface area contributed by atoms with E-state index in [1.54, 1.807) is 18.5 Å². The molecule has 1 aliphatic carbocycles. The minimum absolute atomic E-state index is 0.000954. The molecule has 142 valence electrons. The molecule has 2 saturated heterocycles. The number of carbonyl (C=O) groups is 2. The number of hydrogen-bond donors (Lipinski definition) is 3. The highest BCUT2D eigenvalue weighted by Gasteiger charge is 2.43. The third-order valence-corrected chi connectivity index (χ3v) is 6.23. The monoisotopic (exact) mass is 361 g/mol. The van der Waals surface area contributed by atoms with Crippen molar-refractivity contribution in [2.24, 2.45) is 5.92 Å². The second-order valence-corrected chi connectivity index (χ2v) is 7.88. The van der Waals surface area contributed by atoms with E-state index < -0.39 is 6.10 Å². The van der Waals surface area contributed by atoms with Crippen LogP contribution in [0, 0.1) is 5.92 Å². The number of nitrogens with one attached hydrogen (secondary N) is 2. The van der Waals surface area contributed by atoms with Gasteiger partial charge < -0.3 is 25.0 Å². The highest BCUT2D eigenvalue weighted by atomic mass is 16.5. The number of hydrogen-bond acceptors (Lipinski definition) is 4. The van der Waals surface area contributed by atoms with Gasteiger partial charge in [-0.2, -0.15) is 0 Å². The normalized spacial score (nSPS) is 30.7. The second kappa shape index (κ2) is 7.04. The SMILES string of the molecule is O=C(N[C@@H]1C[C@H](C(=O)N2CCC3(CCCO3)CC2)C[C@H]1O)c1cc[nH]c1. The van der Waals surface area contributed by atoms with Gasteiger partial charge in [0.25, 0.3) is 5.91 Å². The van der Waals surface area contributed by atoms with Gasteiger partial charge in [-0.1, -0.05) is 0 Å². The van der Waals surface area contributed by atoms with Crippen LogP contribution < -0.4 is 5.32 Å². The quantitative estimate of drug-likeness (QED) is 0.750. The Hall–Kier alpha value is -1.86. The molecule has 1 aromatic rings. The zero-order valence-electron chi connectivity index (χ0n) is 14.9. The highest BCUT2D eigenvalue weighted by molar-refractivity contribution is 5.94. The van der Waals surface area contributed by atoms with Gasteiger partial charge in [0.2, 0.25) is 5.91 Å². The lowest BCUT2D eigenvalue weighted by atomic mass is 9.88. The number of piperidine rings is 1. The number of aromatic amines is 1. The Balaban J connectivity index is 1.31. The van der Waals surface area contributed by atoms with Crippen LogP contribution in [0.15, 0.2) is 18.5 Å². The molecule has 0 radical (unpaired) electrons. The van der Waals surface area contributed by atoms with E-state index in [9.17, 15) is 14.7 Å². The lowest BCUT2D eigenvalue weighted by Gasteiger charge is -2.39. The number of nitrogens with zero attached hydrogens (tertiary/aromatic N) is 1. The molecule has 1 saturated carbocycles. The van der Waals surface area contributed by atoms with E-state index in [1.807, 2.05) is 4.90 Å². The smallest absolute Gasteiger partial charge is 0.253 e. The van der Waals surface area contributed by atoms with E-state index in [0.29, 0.717) is 18.4 Å². The molecule has 4 rings (SSSR count). The van der Waals surface area contributed by atoms with Crippen molar-refractivity contribution < 1.29 is 19.4 Å². The molecule has 3 N–H and O–H groups in total. The zero-order valence-corrected chi connectivity index (χ0v) is 14.9. The maximum atomic E-state index is 12.9. The lowest BCUT2D eigenvalue weighted by molar-refractivity contribution is -0.140. The highest BCUT2D eigenvalue weighted by Crippen LogP contribution is 2.37. The molecule has 1 aromatic heterocycles. The summed E-state index contributed by atoms with van der Waals surface area (Å²) in [6.07, 6.45) is 7.56. The Morgan fingerprint density at radius 2 is 2.08 bits per heavy atom. The van der Waals surface area contributed by atoms with Gasteiger partial charge in [-0.3, -0.25) is 9.59 Å². The van der Waals surface area contributed by atoms with Crippen molar-refractivity contribution in [3.05, 3.63) is 24.0 Å². The summed E-state index contributed by atoms with van der Waals surface area (Å²) in [5.41, 5.74) is 0.531. The summed E-state index contributed by atoms with van der Waals surface area (Å²) in [6, 6.07) is 1.31. The first-order valence-corrected chi connectivity index (χ1v) is 9.61. The minimum Gasteiger partial charge on any atom is -0.391 e.